The SMILES string of the molecule is O=C(C(=O)N1CCN(c2ncnc3ccccc23)CC1)c1c[nH]c2c(-c3ccncc3)ncc(F)c12. The second-order valence-electron chi connectivity index (χ2n) is 8.47. The van der Waals surface area contributed by atoms with Crippen LogP contribution in [0.2, 0.25) is 0 Å². The summed E-state index contributed by atoms with van der Waals surface area (Å²) in [4.78, 5) is 49.8. The summed E-state index contributed by atoms with van der Waals surface area (Å²) < 4.78 is 14.8. The molecule has 1 amide bonds. The van der Waals surface area contributed by atoms with Gasteiger partial charge >= 0.3 is 0 Å². The van der Waals surface area contributed by atoms with Crippen LogP contribution in [0.1, 0.15) is 10.4 Å². The summed E-state index contributed by atoms with van der Waals surface area (Å²) >= 11 is 0. The first-order chi connectivity index (χ1) is 17.6. The Labute approximate surface area is 204 Å². The Morgan fingerprint density at radius 1 is 0.944 bits per heavy atom. The fraction of sp³-hybridized carbons (Fsp3) is 0.154. The van der Waals surface area contributed by atoms with Crippen LogP contribution >= 0.6 is 0 Å². The van der Waals surface area contributed by atoms with Crippen molar-refractivity contribution in [1.29, 1.82) is 0 Å². The van der Waals surface area contributed by atoms with E-state index in [1.54, 1.807) is 24.5 Å². The van der Waals surface area contributed by atoms with Crippen LogP contribution in [0.25, 0.3) is 33.1 Å². The average molecular weight is 481 g/mol. The first-order valence-corrected chi connectivity index (χ1v) is 11.5. The number of pyridine rings is 2. The number of halogens is 1. The molecule has 0 aliphatic carbocycles. The van der Waals surface area contributed by atoms with Crippen molar-refractivity contribution in [2.45, 2.75) is 0 Å². The Morgan fingerprint density at radius 3 is 2.53 bits per heavy atom. The van der Waals surface area contributed by atoms with Crippen molar-refractivity contribution in [3.05, 3.63) is 78.9 Å². The number of Topliss-reactive ketones (excluding diaryl/α,β-unsaturated/α-hetero) is 1. The van der Waals surface area contributed by atoms with Gasteiger partial charge in [-0.25, -0.2) is 14.4 Å². The average Bonchev–Trinajstić information content (AvgIpc) is 3.39. The van der Waals surface area contributed by atoms with Gasteiger partial charge in [-0.2, -0.15) is 0 Å². The van der Waals surface area contributed by atoms with Crippen LogP contribution < -0.4 is 4.90 Å². The fourth-order valence-electron chi connectivity index (χ4n) is 4.64. The molecule has 1 fully saturated rings. The number of aromatic nitrogens is 5. The van der Waals surface area contributed by atoms with Crippen LogP contribution in [0, 0.1) is 5.82 Å². The van der Waals surface area contributed by atoms with Crippen molar-refractivity contribution in [2.24, 2.45) is 0 Å². The molecule has 1 saturated heterocycles. The minimum atomic E-state index is -0.757. The zero-order chi connectivity index (χ0) is 24.6. The van der Waals surface area contributed by atoms with E-state index in [2.05, 4.69) is 29.8 Å². The highest BCUT2D eigenvalue weighted by atomic mass is 19.1. The van der Waals surface area contributed by atoms with Crippen molar-refractivity contribution in [2.75, 3.05) is 31.1 Å². The predicted molar refractivity (Wildman–Crippen MR) is 132 cm³/mol. The zero-order valence-corrected chi connectivity index (χ0v) is 19.1. The number of nitrogens with zero attached hydrogens (tertiary/aromatic N) is 6. The summed E-state index contributed by atoms with van der Waals surface area (Å²) in [6.07, 6.45) is 7.18. The lowest BCUT2D eigenvalue weighted by Gasteiger charge is -2.35. The third-order valence-electron chi connectivity index (χ3n) is 6.44. The monoisotopic (exact) mass is 481 g/mol. The highest BCUT2D eigenvalue weighted by molar-refractivity contribution is 6.45. The number of hydrogen-bond acceptors (Lipinski definition) is 7. The fourth-order valence-corrected chi connectivity index (χ4v) is 4.64. The molecular weight excluding hydrogens is 461 g/mol. The lowest BCUT2D eigenvalue weighted by molar-refractivity contribution is -0.126. The number of fused-ring (bicyclic) bond motifs is 2. The number of piperazine rings is 1. The third kappa shape index (κ3) is 3.63. The van der Waals surface area contributed by atoms with Gasteiger partial charge in [0.25, 0.3) is 11.7 Å². The highest BCUT2D eigenvalue weighted by Gasteiger charge is 2.30. The maximum absolute atomic E-state index is 14.8. The molecule has 0 atom stereocenters. The van der Waals surface area contributed by atoms with E-state index in [4.69, 9.17) is 0 Å². The summed E-state index contributed by atoms with van der Waals surface area (Å²) in [5.74, 6) is -1.28. The number of rotatable bonds is 4. The number of aromatic amines is 1. The van der Waals surface area contributed by atoms with E-state index in [1.807, 2.05) is 24.3 Å². The van der Waals surface area contributed by atoms with Crippen LogP contribution in [-0.2, 0) is 4.79 Å². The minimum Gasteiger partial charge on any atom is -0.359 e. The minimum absolute atomic E-state index is 0.00516. The van der Waals surface area contributed by atoms with Gasteiger partial charge in [-0.15, -0.1) is 0 Å². The predicted octanol–water partition coefficient (Wildman–Crippen LogP) is 3.24. The Morgan fingerprint density at radius 2 is 1.72 bits per heavy atom. The number of anilines is 1. The van der Waals surface area contributed by atoms with Gasteiger partial charge in [-0.05, 0) is 24.3 Å². The smallest absolute Gasteiger partial charge is 0.295 e. The van der Waals surface area contributed by atoms with Gasteiger partial charge in [-0.3, -0.25) is 19.6 Å². The molecule has 10 heteroatoms. The molecule has 0 spiro atoms. The molecule has 178 valence electrons. The number of carbonyl (C=O) groups is 2. The summed E-state index contributed by atoms with van der Waals surface area (Å²) in [6, 6.07) is 11.2. The molecular formula is C26H20FN7O2. The van der Waals surface area contributed by atoms with E-state index < -0.39 is 17.5 Å². The van der Waals surface area contributed by atoms with Gasteiger partial charge in [0.1, 0.15) is 12.1 Å². The molecule has 1 aliphatic rings. The third-order valence-corrected chi connectivity index (χ3v) is 6.44. The number of hydrogen-bond donors (Lipinski definition) is 1. The van der Waals surface area contributed by atoms with Crippen LogP contribution in [0.5, 0.6) is 0 Å². The molecule has 0 unspecified atom stereocenters. The summed E-state index contributed by atoms with van der Waals surface area (Å²) in [7, 11) is 0. The maximum atomic E-state index is 14.8. The number of nitrogens with one attached hydrogen (secondary N) is 1. The summed E-state index contributed by atoms with van der Waals surface area (Å²) in [6.45, 7) is 1.71. The first-order valence-electron chi connectivity index (χ1n) is 11.5. The summed E-state index contributed by atoms with van der Waals surface area (Å²) in [5.41, 5.74) is 2.40. The molecule has 1 N–H and O–H groups in total. The van der Waals surface area contributed by atoms with Crippen LogP contribution in [0.3, 0.4) is 0 Å². The molecule has 0 radical (unpaired) electrons. The molecule has 1 aliphatic heterocycles. The molecule has 0 saturated carbocycles. The van der Waals surface area contributed by atoms with Gasteiger partial charge in [0.05, 0.1) is 33.9 Å². The normalized spacial score (nSPS) is 13.9. The first kappa shape index (κ1) is 21.8. The van der Waals surface area contributed by atoms with E-state index in [0.717, 1.165) is 28.5 Å². The van der Waals surface area contributed by atoms with Gasteiger partial charge in [0, 0.05) is 55.7 Å². The standard InChI is InChI=1S/C26H20FN7O2/c27-19-14-30-22(16-5-7-28-8-6-16)23-21(19)18(13-29-23)24(35)26(36)34-11-9-33(10-12-34)25-17-3-1-2-4-20(17)31-15-32-25/h1-8,13-15,29H,9-12H2. The van der Waals surface area contributed by atoms with Gasteiger partial charge in [0.15, 0.2) is 5.82 Å². The molecule has 0 bridgehead atoms. The second kappa shape index (κ2) is 8.81. The van der Waals surface area contributed by atoms with Crippen LogP contribution in [0.15, 0.2) is 67.5 Å². The number of H-pyrrole nitrogens is 1. The van der Waals surface area contributed by atoms with E-state index in [1.165, 1.54) is 17.4 Å². The van der Waals surface area contributed by atoms with Gasteiger partial charge in [-0.1, -0.05) is 12.1 Å². The van der Waals surface area contributed by atoms with E-state index in [0.29, 0.717) is 37.4 Å². The Kier molecular flexibility index (Phi) is 5.33. The largest absolute Gasteiger partial charge is 0.359 e. The zero-order valence-electron chi connectivity index (χ0n) is 19.1. The number of carbonyl (C=O) groups excluding carboxylic acids is 2. The van der Waals surface area contributed by atoms with Gasteiger partial charge in [0.2, 0.25) is 0 Å². The quantitative estimate of drug-likeness (QED) is 0.310. The Hall–Kier alpha value is -4.73. The molecule has 36 heavy (non-hydrogen) atoms. The number of ketones is 1. The lowest BCUT2D eigenvalue weighted by atomic mass is 10.1. The van der Waals surface area contributed by atoms with Gasteiger partial charge < -0.3 is 14.8 Å². The van der Waals surface area contributed by atoms with E-state index in [9.17, 15) is 14.0 Å². The van der Waals surface area contributed by atoms with Crippen molar-refractivity contribution < 1.29 is 14.0 Å². The van der Waals surface area contributed by atoms with Crippen molar-refractivity contribution >= 4 is 39.3 Å². The Bertz CT molecular complexity index is 1610. The van der Waals surface area contributed by atoms with Crippen LogP contribution in [0.4, 0.5) is 10.2 Å². The van der Waals surface area contributed by atoms with E-state index in [-0.39, 0.29) is 10.9 Å². The molecule has 9 nitrogen and oxygen atoms in total. The van der Waals surface area contributed by atoms with Crippen LogP contribution in [-0.4, -0.2) is 67.7 Å². The Balaban J connectivity index is 1.24. The molecule has 5 heterocycles. The number of benzene rings is 1. The molecule has 5 aromatic rings. The number of para-hydroxylation sites is 1. The van der Waals surface area contributed by atoms with E-state index >= 15 is 0 Å². The van der Waals surface area contributed by atoms with Crippen molar-refractivity contribution in [3.8, 4) is 11.3 Å². The maximum Gasteiger partial charge on any atom is 0.295 e. The highest BCUT2D eigenvalue weighted by Crippen LogP contribution is 2.30. The van der Waals surface area contributed by atoms with Crippen molar-refractivity contribution in [3.63, 3.8) is 0 Å². The van der Waals surface area contributed by atoms with Crippen molar-refractivity contribution in [1.82, 2.24) is 29.8 Å². The second-order valence-corrected chi connectivity index (χ2v) is 8.47. The lowest BCUT2D eigenvalue weighted by Crippen LogP contribution is -2.51. The molecule has 6 rings (SSSR count). The number of amides is 1. The topological polar surface area (TPSA) is 108 Å². The molecule has 4 aromatic heterocycles. The molecule has 1 aromatic carbocycles. The summed E-state index contributed by atoms with van der Waals surface area (Å²) in [5, 5.41) is 0.991.